The fourth-order valence-electron chi connectivity index (χ4n) is 4.37. The number of fused-ring (bicyclic) bond motifs is 2. The van der Waals surface area contributed by atoms with E-state index >= 15 is 0 Å². The lowest BCUT2D eigenvalue weighted by Crippen LogP contribution is -2.27. The molecular weight excluding hydrogens is 448 g/mol. The average Bonchev–Trinajstić information content (AvgIpc) is 3.47. The average molecular weight is 483 g/mol. The summed E-state index contributed by atoms with van der Waals surface area (Å²) in [6, 6.07) is 6.15. The maximum Gasteiger partial charge on any atom is 0.254 e. The van der Waals surface area contributed by atoms with Gasteiger partial charge in [-0.25, -0.2) is 0 Å². The Kier molecular flexibility index (Phi) is 7.43. The van der Waals surface area contributed by atoms with E-state index in [1.165, 1.54) is 21.8 Å². The van der Waals surface area contributed by atoms with Crippen LogP contribution in [0.15, 0.2) is 28.9 Å². The Balaban J connectivity index is 1.49. The van der Waals surface area contributed by atoms with Crippen LogP contribution in [0.1, 0.15) is 72.5 Å². The van der Waals surface area contributed by atoms with Gasteiger partial charge >= 0.3 is 0 Å². The molecule has 2 amide bonds. The van der Waals surface area contributed by atoms with Gasteiger partial charge in [0.15, 0.2) is 0 Å². The summed E-state index contributed by atoms with van der Waals surface area (Å²) in [5.41, 5.74) is 4.55. The smallest absolute Gasteiger partial charge is 0.254 e. The first-order chi connectivity index (χ1) is 16.3. The molecule has 0 unspecified atom stereocenters. The molecule has 0 aliphatic heterocycles. The number of carbonyl (C=O) groups excluding carboxylic acids is 2. The van der Waals surface area contributed by atoms with Crippen molar-refractivity contribution in [2.45, 2.75) is 65.2 Å². The van der Waals surface area contributed by atoms with Gasteiger partial charge in [-0.15, -0.1) is 11.3 Å². The number of amides is 2. The van der Waals surface area contributed by atoms with Crippen molar-refractivity contribution in [3.63, 3.8) is 0 Å². The van der Waals surface area contributed by atoms with Crippen molar-refractivity contribution >= 4 is 39.1 Å². The number of nitrogens with one attached hydrogen (secondary N) is 2. The third-order valence-corrected chi connectivity index (χ3v) is 7.43. The number of carbonyl (C=O) groups is 2. The molecule has 0 atom stereocenters. The molecule has 0 saturated carbocycles. The summed E-state index contributed by atoms with van der Waals surface area (Å²) < 4.78 is 11.0. The molecule has 1 aliphatic rings. The maximum absolute atomic E-state index is 13.0. The molecule has 0 saturated heterocycles. The molecule has 6 nitrogen and oxygen atoms in total. The van der Waals surface area contributed by atoms with Gasteiger partial charge in [-0.05, 0) is 61.3 Å². The van der Waals surface area contributed by atoms with Crippen LogP contribution >= 0.6 is 11.3 Å². The maximum atomic E-state index is 13.0. The SMILES string of the molecule is CCOCCCNC(=O)c1c(NC(=O)Cc2coc3ccc(C(C)(C)C)cc23)sc2c1CCC2. The second kappa shape index (κ2) is 10.3. The zero-order valence-corrected chi connectivity index (χ0v) is 21.3. The van der Waals surface area contributed by atoms with Crippen LogP contribution in [0.5, 0.6) is 0 Å². The van der Waals surface area contributed by atoms with E-state index in [9.17, 15) is 9.59 Å². The molecule has 0 spiro atoms. The summed E-state index contributed by atoms with van der Waals surface area (Å²) in [7, 11) is 0. The molecule has 0 fully saturated rings. The highest BCUT2D eigenvalue weighted by molar-refractivity contribution is 7.17. The van der Waals surface area contributed by atoms with E-state index in [4.69, 9.17) is 9.15 Å². The molecule has 3 aromatic rings. The van der Waals surface area contributed by atoms with Gasteiger partial charge in [0, 0.05) is 35.6 Å². The fourth-order valence-corrected chi connectivity index (χ4v) is 5.67. The molecule has 7 heteroatoms. The van der Waals surface area contributed by atoms with E-state index in [0.717, 1.165) is 47.8 Å². The Labute approximate surface area is 205 Å². The summed E-state index contributed by atoms with van der Waals surface area (Å²) in [6.45, 7) is 10.3. The first kappa shape index (κ1) is 24.5. The molecule has 182 valence electrons. The summed E-state index contributed by atoms with van der Waals surface area (Å²) >= 11 is 1.53. The van der Waals surface area contributed by atoms with Crippen molar-refractivity contribution in [3.8, 4) is 0 Å². The predicted molar refractivity (Wildman–Crippen MR) is 137 cm³/mol. The Morgan fingerprint density at radius 1 is 1.21 bits per heavy atom. The lowest BCUT2D eigenvalue weighted by Gasteiger charge is -2.18. The van der Waals surface area contributed by atoms with Crippen LogP contribution in [0.2, 0.25) is 0 Å². The van der Waals surface area contributed by atoms with Crippen LogP contribution in [-0.2, 0) is 34.2 Å². The summed E-state index contributed by atoms with van der Waals surface area (Å²) in [4.78, 5) is 27.3. The topological polar surface area (TPSA) is 80.6 Å². The Morgan fingerprint density at radius 2 is 2.03 bits per heavy atom. The lowest BCUT2D eigenvalue weighted by molar-refractivity contribution is -0.115. The van der Waals surface area contributed by atoms with E-state index in [1.54, 1.807) is 6.26 Å². The highest BCUT2D eigenvalue weighted by Gasteiger charge is 2.27. The van der Waals surface area contributed by atoms with Gasteiger partial charge in [0.25, 0.3) is 5.91 Å². The van der Waals surface area contributed by atoms with Gasteiger partial charge in [0.05, 0.1) is 18.2 Å². The summed E-state index contributed by atoms with van der Waals surface area (Å²) in [5, 5.41) is 7.65. The van der Waals surface area contributed by atoms with E-state index in [-0.39, 0.29) is 23.7 Å². The van der Waals surface area contributed by atoms with Crippen LogP contribution in [-0.4, -0.2) is 31.6 Å². The van der Waals surface area contributed by atoms with Crippen molar-refractivity contribution in [3.05, 3.63) is 51.6 Å². The standard InChI is InChI=1S/C27H34N2O4S/c1-5-32-13-7-12-28-25(31)24-19-8-6-9-22(19)34-26(24)29-23(30)14-17-16-33-21-11-10-18(15-20(17)21)27(2,3)4/h10-11,15-16H,5-9,12-14H2,1-4H3,(H,28,31)(H,29,30). The van der Waals surface area contributed by atoms with Crippen LogP contribution in [0.3, 0.4) is 0 Å². The molecule has 2 heterocycles. The predicted octanol–water partition coefficient (Wildman–Crippen LogP) is 5.62. The Hall–Kier alpha value is -2.64. The molecule has 1 aliphatic carbocycles. The normalized spacial score (nSPS) is 13.3. The van der Waals surface area contributed by atoms with Crippen molar-refractivity contribution in [2.75, 3.05) is 25.1 Å². The monoisotopic (exact) mass is 482 g/mol. The molecule has 0 radical (unpaired) electrons. The Bertz CT molecular complexity index is 1190. The zero-order chi connectivity index (χ0) is 24.3. The van der Waals surface area contributed by atoms with E-state index in [2.05, 4.69) is 43.5 Å². The largest absolute Gasteiger partial charge is 0.464 e. The van der Waals surface area contributed by atoms with Gasteiger partial charge in [-0.1, -0.05) is 26.8 Å². The number of benzene rings is 1. The van der Waals surface area contributed by atoms with Crippen molar-refractivity contribution in [1.29, 1.82) is 0 Å². The van der Waals surface area contributed by atoms with Gasteiger partial charge < -0.3 is 19.8 Å². The number of ether oxygens (including phenoxy) is 1. The van der Waals surface area contributed by atoms with Crippen LogP contribution < -0.4 is 10.6 Å². The van der Waals surface area contributed by atoms with Gasteiger partial charge in [0.1, 0.15) is 10.6 Å². The second-order valence-corrected chi connectivity index (χ2v) is 10.9. The van der Waals surface area contributed by atoms with Crippen LogP contribution in [0, 0.1) is 0 Å². The second-order valence-electron chi connectivity index (χ2n) is 9.81. The minimum absolute atomic E-state index is 0.00739. The molecule has 2 aromatic heterocycles. The number of rotatable bonds is 9. The van der Waals surface area contributed by atoms with Crippen LogP contribution in [0.4, 0.5) is 5.00 Å². The van der Waals surface area contributed by atoms with E-state index < -0.39 is 0 Å². The minimum atomic E-state index is -0.144. The highest BCUT2D eigenvalue weighted by Crippen LogP contribution is 2.39. The van der Waals surface area contributed by atoms with Crippen LogP contribution in [0.25, 0.3) is 11.0 Å². The van der Waals surface area contributed by atoms with Gasteiger partial charge in [-0.2, -0.15) is 0 Å². The first-order valence-corrected chi connectivity index (χ1v) is 12.9. The number of anilines is 1. The van der Waals surface area contributed by atoms with Crippen molar-refractivity contribution in [1.82, 2.24) is 5.32 Å². The third kappa shape index (κ3) is 5.36. The zero-order valence-electron chi connectivity index (χ0n) is 20.5. The first-order valence-electron chi connectivity index (χ1n) is 12.1. The Morgan fingerprint density at radius 3 is 2.79 bits per heavy atom. The van der Waals surface area contributed by atoms with E-state index in [0.29, 0.717) is 30.3 Å². The van der Waals surface area contributed by atoms with Gasteiger partial charge in [0.2, 0.25) is 5.91 Å². The number of furan rings is 1. The summed E-state index contributed by atoms with van der Waals surface area (Å²) in [6.07, 6.45) is 5.51. The molecule has 0 bridgehead atoms. The van der Waals surface area contributed by atoms with Crippen molar-refractivity contribution < 1.29 is 18.7 Å². The third-order valence-electron chi connectivity index (χ3n) is 6.23. The lowest BCUT2D eigenvalue weighted by atomic mass is 9.86. The molecule has 4 rings (SSSR count). The molecular formula is C27H34N2O4S. The summed E-state index contributed by atoms with van der Waals surface area (Å²) in [5.74, 6) is -0.260. The molecule has 34 heavy (non-hydrogen) atoms. The van der Waals surface area contributed by atoms with E-state index in [1.807, 2.05) is 13.0 Å². The minimum Gasteiger partial charge on any atom is -0.464 e. The number of hydrogen-bond donors (Lipinski definition) is 2. The fraction of sp³-hybridized carbons (Fsp3) is 0.481. The quantitative estimate of drug-likeness (QED) is 0.388. The number of thiophene rings is 1. The number of hydrogen-bond acceptors (Lipinski definition) is 5. The highest BCUT2D eigenvalue weighted by atomic mass is 32.1. The molecule has 2 N–H and O–H groups in total. The van der Waals surface area contributed by atoms with Gasteiger partial charge in [-0.3, -0.25) is 9.59 Å². The van der Waals surface area contributed by atoms with Crippen molar-refractivity contribution in [2.24, 2.45) is 0 Å². The number of aryl methyl sites for hydroxylation is 1. The molecule has 1 aromatic carbocycles.